The molecule has 3 heteroatoms. The van der Waals surface area contributed by atoms with E-state index in [-0.39, 0.29) is 6.10 Å². The van der Waals surface area contributed by atoms with Crippen molar-refractivity contribution in [3.8, 4) is 0 Å². The number of carboxylic acids is 1. The van der Waals surface area contributed by atoms with Gasteiger partial charge in [-0.2, -0.15) is 0 Å². The van der Waals surface area contributed by atoms with Crippen molar-refractivity contribution >= 4 is 5.97 Å². The fourth-order valence-corrected chi connectivity index (χ4v) is 2.21. The Morgan fingerprint density at radius 3 is 2.21 bits per heavy atom. The predicted octanol–water partition coefficient (Wildman–Crippen LogP) is 2.45. The molecule has 0 aromatic heterocycles. The molecule has 1 fully saturated rings. The first-order valence-electron chi connectivity index (χ1n) is 5.49. The van der Waals surface area contributed by atoms with Crippen LogP contribution < -0.4 is 0 Å². The molecular weight excluding hydrogens is 180 g/mol. The van der Waals surface area contributed by atoms with Crippen LogP contribution in [0.1, 0.15) is 46.0 Å². The Bertz CT molecular complexity index is 191. The van der Waals surface area contributed by atoms with Gasteiger partial charge in [0.05, 0.1) is 18.1 Å². The molecule has 1 heterocycles. The molecule has 14 heavy (non-hydrogen) atoms. The molecule has 1 aliphatic heterocycles. The van der Waals surface area contributed by atoms with Gasteiger partial charge in [0.2, 0.25) is 0 Å². The Kier molecular flexibility index (Phi) is 3.93. The molecule has 1 N–H and O–H groups in total. The summed E-state index contributed by atoms with van der Waals surface area (Å²) in [6, 6.07) is 0. The minimum Gasteiger partial charge on any atom is -0.481 e. The zero-order chi connectivity index (χ0) is 10.6. The van der Waals surface area contributed by atoms with E-state index in [0.29, 0.717) is 6.42 Å². The highest BCUT2D eigenvalue weighted by atomic mass is 16.6. The number of aliphatic carboxylic acids is 1. The Morgan fingerprint density at radius 2 is 1.93 bits per heavy atom. The van der Waals surface area contributed by atoms with Crippen molar-refractivity contribution < 1.29 is 14.6 Å². The maximum atomic E-state index is 11.3. The van der Waals surface area contributed by atoms with E-state index < -0.39 is 11.4 Å². The maximum Gasteiger partial charge on any atom is 0.309 e. The second kappa shape index (κ2) is 4.78. The van der Waals surface area contributed by atoms with Gasteiger partial charge in [0, 0.05) is 0 Å². The first kappa shape index (κ1) is 11.5. The van der Waals surface area contributed by atoms with Crippen LogP contribution >= 0.6 is 0 Å². The molecule has 1 atom stereocenters. The largest absolute Gasteiger partial charge is 0.481 e. The molecule has 82 valence electrons. The third-order valence-corrected chi connectivity index (χ3v) is 2.93. The monoisotopic (exact) mass is 200 g/mol. The summed E-state index contributed by atoms with van der Waals surface area (Å²) >= 11 is 0. The van der Waals surface area contributed by atoms with Crippen LogP contribution in [0.5, 0.6) is 0 Å². The molecule has 3 nitrogen and oxygen atoms in total. The summed E-state index contributed by atoms with van der Waals surface area (Å²) in [5.74, 6) is -0.642. The number of rotatable bonds is 7. The van der Waals surface area contributed by atoms with Crippen LogP contribution in [0.2, 0.25) is 0 Å². The molecule has 0 radical (unpaired) electrons. The third-order valence-electron chi connectivity index (χ3n) is 2.93. The van der Waals surface area contributed by atoms with E-state index in [4.69, 9.17) is 4.74 Å². The normalized spacial score (nSPS) is 20.9. The second-order valence-corrected chi connectivity index (χ2v) is 4.24. The molecule has 1 saturated heterocycles. The van der Waals surface area contributed by atoms with Gasteiger partial charge < -0.3 is 9.84 Å². The van der Waals surface area contributed by atoms with Crippen molar-refractivity contribution in [2.75, 3.05) is 6.61 Å². The number of hydrogen-bond acceptors (Lipinski definition) is 2. The van der Waals surface area contributed by atoms with E-state index in [1.165, 1.54) is 0 Å². The number of hydrogen-bond donors (Lipinski definition) is 1. The fraction of sp³-hybridized carbons (Fsp3) is 0.909. The van der Waals surface area contributed by atoms with Crippen molar-refractivity contribution in [1.82, 2.24) is 0 Å². The van der Waals surface area contributed by atoms with Crippen molar-refractivity contribution in [2.45, 2.75) is 52.1 Å². The van der Waals surface area contributed by atoms with E-state index in [1.54, 1.807) is 0 Å². The van der Waals surface area contributed by atoms with Gasteiger partial charge in [0.15, 0.2) is 0 Å². The summed E-state index contributed by atoms with van der Waals surface area (Å²) in [7, 11) is 0. The Hall–Kier alpha value is -0.570. The van der Waals surface area contributed by atoms with E-state index in [0.717, 1.165) is 32.3 Å². The SMILES string of the molecule is CCCC(CCC)(CC1CO1)C(=O)O. The van der Waals surface area contributed by atoms with E-state index in [1.807, 2.05) is 13.8 Å². The van der Waals surface area contributed by atoms with Gasteiger partial charge in [0.25, 0.3) is 0 Å². The molecule has 0 bridgehead atoms. The quantitative estimate of drug-likeness (QED) is 0.642. The summed E-state index contributed by atoms with van der Waals surface area (Å²) in [4.78, 5) is 11.3. The van der Waals surface area contributed by atoms with Gasteiger partial charge in [-0.1, -0.05) is 26.7 Å². The van der Waals surface area contributed by atoms with E-state index in [2.05, 4.69) is 0 Å². The fourth-order valence-electron chi connectivity index (χ4n) is 2.21. The number of carboxylic acid groups (broad SMARTS) is 1. The van der Waals surface area contributed by atoms with Crippen LogP contribution in [0.25, 0.3) is 0 Å². The van der Waals surface area contributed by atoms with Crippen molar-refractivity contribution in [3.05, 3.63) is 0 Å². The predicted molar refractivity (Wildman–Crippen MR) is 54.2 cm³/mol. The van der Waals surface area contributed by atoms with Crippen LogP contribution in [0, 0.1) is 5.41 Å². The van der Waals surface area contributed by atoms with Gasteiger partial charge >= 0.3 is 5.97 Å². The smallest absolute Gasteiger partial charge is 0.309 e. The lowest BCUT2D eigenvalue weighted by molar-refractivity contribution is -0.150. The van der Waals surface area contributed by atoms with Gasteiger partial charge in [-0.05, 0) is 19.3 Å². The molecular formula is C11H20O3. The molecule has 0 amide bonds. The average molecular weight is 200 g/mol. The zero-order valence-electron chi connectivity index (χ0n) is 9.08. The summed E-state index contributed by atoms with van der Waals surface area (Å²) in [5, 5.41) is 9.31. The number of carbonyl (C=O) groups is 1. The Labute approximate surface area is 85.5 Å². The maximum absolute atomic E-state index is 11.3. The summed E-state index contributed by atoms with van der Waals surface area (Å²) in [6.07, 6.45) is 4.32. The van der Waals surface area contributed by atoms with Crippen LogP contribution in [0.4, 0.5) is 0 Å². The van der Waals surface area contributed by atoms with Crippen LogP contribution in [0.3, 0.4) is 0 Å². The lowest BCUT2D eigenvalue weighted by Gasteiger charge is -2.28. The highest BCUT2D eigenvalue weighted by Crippen LogP contribution is 2.38. The van der Waals surface area contributed by atoms with Crippen LogP contribution in [0.15, 0.2) is 0 Å². The minimum absolute atomic E-state index is 0.212. The van der Waals surface area contributed by atoms with Gasteiger partial charge in [0.1, 0.15) is 0 Å². The molecule has 0 spiro atoms. The number of ether oxygens (including phenoxy) is 1. The number of epoxide rings is 1. The van der Waals surface area contributed by atoms with Crippen LogP contribution in [-0.2, 0) is 9.53 Å². The highest BCUT2D eigenvalue weighted by molar-refractivity contribution is 5.74. The van der Waals surface area contributed by atoms with Gasteiger partial charge in [-0.25, -0.2) is 0 Å². The molecule has 0 aromatic carbocycles. The zero-order valence-corrected chi connectivity index (χ0v) is 9.08. The third kappa shape index (κ3) is 2.71. The van der Waals surface area contributed by atoms with Gasteiger partial charge in [-0.15, -0.1) is 0 Å². The molecule has 1 aliphatic rings. The summed E-state index contributed by atoms with van der Waals surface area (Å²) in [5.41, 5.74) is -0.523. The topological polar surface area (TPSA) is 49.8 Å². The van der Waals surface area contributed by atoms with Crippen molar-refractivity contribution in [3.63, 3.8) is 0 Å². The lowest BCUT2D eigenvalue weighted by atomic mass is 9.75. The van der Waals surface area contributed by atoms with Crippen molar-refractivity contribution in [1.29, 1.82) is 0 Å². The van der Waals surface area contributed by atoms with Crippen molar-refractivity contribution in [2.24, 2.45) is 5.41 Å². The minimum atomic E-state index is -0.642. The second-order valence-electron chi connectivity index (χ2n) is 4.24. The first-order chi connectivity index (χ1) is 6.64. The van der Waals surface area contributed by atoms with E-state index in [9.17, 15) is 9.90 Å². The molecule has 0 aliphatic carbocycles. The molecule has 0 aromatic rings. The van der Waals surface area contributed by atoms with Gasteiger partial charge in [-0.3, -0.25) is 4.79 Å². The standard InChI is InChI=1S/C11H20O3/c1-3-5-11(6-4-2,10(12)13)7-9-8-14-9/h9H,3-8H2,1-2H3,(H,12,13). The molecule has 1 unspecified atom stereocenters. The van der Waals surface area contributed by atoms with Crippen LogP contribution in [-0.4, -0.2) is 23.8 Å². The van der Waals surface area contributed by atoms with E-state index >= 15 is 0 Å². The lowest BCUT2D eigenvalue weighted by Crippen LogP contribution is -2.32. The highest BCUT2D eigenvalue weighted by Gasteiger charge is 2.42. The molecule has 0 saturated carbocycles. The average Bonchev–Trinajstić information content (AvgIpc) is 2.88. The Balaban J connectivity index is 2.64. The summed E-state index contributed by atoms with van der Waals surface area (Å²) < 4.78 is 5.14. The molecule has 1 rings (SSSR count). The first-order valence-corrected chi connectivity index (χ1v) is 5.49. The summed E-state index contributed by atoms with van der Waals surface area (Å²) in [6.45, 7) is 4.84. The Morgan fingerprint density at radius 1 is 1.43 bits per heavy atom.